The highest BCUT2D eigenvalue weighted by atomic mass is 32.2. The molecule has 1 N–H and O–H groups in total. The van der Waals surface area contributed by atoms with Gasteiger partial charge in [-0.1, -0.05) is 26.2 Å². The van der Waals surface area contributed by atoms with E-state index < -0.39 is 21.5 Å². The highest BCUT2D eigenvalue weighted by Crippen LogP contribution is 2.39. The summed E-state index contributed by atoms with van der Waals surface area (Å²) < 4.78 is 25.4. The van der Waals surface area contributed by atoms with Crippen LogP contribution in [0.5, 0.6) is 0 Å². The smallest absolute Gasteiger partial charge is 0.325 e. The molecular formula is C11H19NO4S. The maximum absolute atomic E-state index is 12.0. The van der Waals surface area contributed by atoms with Crippen LogP contribution in [0.15, 0.2) is 0 Å². The summed E-state index contributed by atoms with van der Waals surface area (Å²) in [4.78, 5) is 11.6. The van der Waals surface area contributed by atoms with Crippen LogP contribution in [0, 0.1) is 5.92 Å². The first-order chi connectivity index (χ1) is 7.88. The summed E-state index contributed by atoms with van der Waals surface area (Å²) in [6.45, 7) is 2.21. The lowest BCUT2D eigenvalue weighted by molar-refractivity contribution is -0.150. The molecule has 2 rings (SSSR count). The lowest BCUT2D eigenvalue weighted by Crippen LogP contribution is -2.56. The van der Waals surface area contributed by atoms with Crippen molar-refractivity contribution in [3.05, 3.63) is 0 Å². The fraction of sp³-hybridized carbons (Fsp3) is 0.909. The van der Waals surface area contributed by atoms with Gasteiger partial charge < -0.3 is 5.11 Å². The van der Waals surface area contributed by atoms with Crippen molar-refractivity contribution < 1.29 is 18.3 Å². The number of rotatable bonds is 2. The fourth-order valence-corrected chi connectivity index (χ4v) is 5.33. The first kappa shape index (κ1) is 12.8. The number of sulfonamides is 1. The third kappa shape index (κ3) is 2.08. The Morgan fingerprint density at radius 3 is 2.29 bits per heavy atom. The molecule has 0 bridgehead atoms. The predicted molar refractivity (Wildman–Crippen MR) is 63.1 cm³/mol. The molecule has 6 heteroatoms. The topological polar surface area (TPSA) is 74.7 Å². The lowest BCUT2D eigenvalue weighted by atomic mass is 9.81. The molecule has 17 heavy (non-hydrogen) atoms. The Morgan fingerprint density at radius 1 is 1.29 bits per heavy atom. The van der Waals surface area contributed by atoms with Gasteiger partial charge in [0.25, 0.3) is 0 Å². The summed E-state index contributed by atoms with van der Waals surface area (Å²) in [5.41, 5.74) is -1.16. The molecule has 0 aromatic rings. The van der Waals surface area contributed by atoms with E-state index in [0.29, 0.717) is 19.4 Å². The second-order valence-corrected chi connectivity index (χ2v) is 7.25. The highest BCUT2D eigenvalue weighted by molar-refractivity contribution is 7.89. The molecule has 5 nitrogen and oxygen atoms in total. The van der Waals surface area contributed by atoms with Gasteiger partial charge in [0.1, 0.15) is 5.54 Å². The molecule has 0 amide bonds. The zero-order chi connectivity index (χ0) is 12.7. The van der Waals surface area contributed by atoms with Gasteiger partial charge in [0, 0.05) is 6.54 Å². The average molecular weight is 261 g/mol. The second-order valence-electron chi connectivity index (χ2n) is 5.31. The molecule has 0 spiro atoms. The van der Waals surface area contributed by atoms with E-state index in [2.05, 4.69) is 0 Å². The van der Waals surface area contributed by atoms with E-state index in [4.69, 9.17) is 0 Å². The average Bonchev–Trinajstić information content (AvgIpc) is 2.53. The molecule has 1 saturated heterocycles. The lowest BCUT2D eigenvalue weighted by Gasteiger charge is -2.39. The zero-order valence-electron chi connectivity index (χ0n) is 10.1. The Balaban J connectivity index is 2.37. The second kappa shape index (κ2) is 4.24. The van der Waals surface area contributed by atoms with Crippen LogP contribution in [0.1, 0.15) is 39.0 Å². The van der Waals surface area contributed by atoms with Crippen molar-refractivity contribution in [2.24, 2.45) is 5.92 Å². The Kier molecular flexibility index (Phi) is 3.20. The minimum absolute atomic E-state index is 0.0261. The third-order valence-electron chi connectivity index (χ3n) is 3.86. The van der Waals surface area contributed by atoms with Gasteiger partial charge in [-0.2, -0.15) is 4.31 Å². The van der Waals surface area contributed by atoms with Gasteiger partial charge >= 0.3 is 5.97 Å². The van der Waals surface area contributed by atoms with Gasteiger partial charge in [0.05, 0.1) is 5.75 Å². The van der Waals surface area contributed by atoms with Crippen LogP contribution in [0.4, 0.5) is 0 Å². The van der Waals surface area contributed by atoms with Crippen LogP contribution in [0.25, 0.3) is 0 Å². The van der Waals surface area contributed by atoms with E-state index in [1.807, 2.05) is 6.92 Å². The molecule has 1 saturated carbocycles. The molecule has 0 aromatic heterocycles. The quantitative estimate of drug-likeness (QED) is 0.806. The molecular weight excluding hydrogens is 242 g/mol. The van der Waals surface area contributed by atoms with Crippen LogP contribution in [0.2, 0.25) is 0 Å². The molecule has 2 fully saturated rings. The van der Waals surface area contributed by atoms with Gasteiger partial charge in [-0.25, -0.2) is 8.42 Å². The Labute approximate surface area is 102 Å². The van der Waals surface area contributed by atoms with E-state index in [0.717, 1.165) is 19.3 Å². The molecule has 0 radical (unpaired) electrons. The van der Waals surface area contributed by atoms with Gasteiger partial charge in [-0.3, -0.25) is 4.79 Å². The van der Waals surface area contributed by atoms with Crippen LogP contribution >= 0.6 is 0 Å². The van der Waals surface area contributed by atoms with Crippen LogP contribution in [0.3, 0.4) is 0 Å². The SMILES string of the molecule is CC1CN(C2(C(=O)O)CCCCC2)S(=O)(=O)C1. The van der Waals surface area contributed by atoms with E-state index in [1.165, 1.54) is 4.31 Å². The van der Waals surface area contributed by atoms with Gasteiger partial charge in [-0.05, 0) is 18.8 Å². The van der Waals surface area contributed by atoms with Crippen molar-refractivity contribution in [3.63, 3.8) is 0 Å². The Bertz CT molecular complexity index is 411. The third-order valence-corrected chi connectivity index (χ3v) is 6.03. The van der Waals surface area contributed by atoms with Crippen molar-refractivity contribution in [2.45, 2.75) is 44.6 Å². The summed E-state index contributed by atoms with van der Waals surface area (Å²) in [5, 5.41) is 9.46. The normalized spacial score (nSPS) is 32.4. The van der Waals surface area contributed by atoms with Crippen LogP contribution in [-0.4, -0.2) is 41.6 Å². The summed E-state index contributed by atoms with van der Waals surface area (Å²) in [5.74, 6) is -0.866. The Morgan fingerprint density at radius 2 is 1.88 bits per heavy atom. The molecule has 1 atom stereocenters. The standard InChI is InChI=1S/C11H19NO4S/c1-9-7-12(17(15,16)8-9)11(10(13)14)5-3-2-4-6-11/h9H,2-8H2,1H3,(H,13,14). The van der Waals surface area contributed by atoms with Gasteiger partial charge in [-0.15, -0.1) is 0 Å². The van der Waals surface area contributed by atoms with Crippen molar-refractivity contribution in [1.82, 2.24) is 4.31 Å². The molecule has 2 aliphatic rings. The number of hydrogen-bond donors (Lipinski definition) is 1. The number of nitrogens with zero attached hydrogens (tertiary/aromatic N) is 1. The first-order valence-electron chi connectivity index (χ1n) is 6.12. The summed E-state index contributed by atoms with van der Waals surface area (Å²) in [6, 6.07) is 0. The minimum atomic E-state index is -3.39. The highest BCUT2D eigenvalue weighted by Gasteiger charge is 2.53. The van der Waals surface area contributed by atoms with Crippen molar-refractivity contribution in [1.29, 1.82) is 0 Å². The van der Waals surface area contributed by atoms with Crippen molar-refractivity contribution in [2.75, 3.05) is 12.3 Å². The minimum Gasteiger partial charge on any atom is -0.480 e. The number of aliphatic carboxylic acids is 1. The molecule has 1 unspecified atom stereocenters. The summed E-state index contributed by atoms with van der Waals surface area (Å²) >= 11 is 0. The summed E-state index contributed by atoms with van der Waals surface area (Å²) in [6.07, 6.45) is 3.50. The van der Waals surface area contributed by atoms with E-state index in [-0.39, 0.29) is 11.7 Å². The molecule has 1 aliphatic carbocycles. The monoisotopic (exact) mass is 261 g/mol. The number of carboxylic acids is 1. The van der Waals surface area contributed by atoms with Crippen LogP contribution < -0.4 is 0 Å². The van der Waals surface area contributed by atoms with E-state index >= 15 is 0 Å². The largest absolute Gasteiger partial charge is 0.480 e. The number of hydrogen-bond acceptors (Lipinski definition) is 3. The first-order valence-corrected chi connectivity index (χ1v) is 7.73. The molecule has 1 heterocycles. The fourth-order valence-electron chi connectivity index (χ4n) is 3.05. The maximum Gasteiger partial charge on any atom is 0.325 e. The van der Waals surface area contributed by atoms with Gasteiger partial charge in [0.2, 0.25) is 10.0 Å². The molecule has 0 aromatic carbocycles. The number of carbonyl (C=O) groups is 1. The maximum atomic E-state index is 12.0. The predicted octanol–water partition coefficient (Wildman–Crippen LogP) is 1.06. The Hall–Kier alpha value is -0.620. The van der Waals surface area contributed by atoms with Crippen molar-refractivity contribution in [3.8, 4) is 0 Å². The van der Waals surface area contributed by atoms with Crippen LogP contribution in [-0.2, 0) is 14.8 Å². The van der Waals surface area contributed by atoms with E-state index in [1.54, 1.807) is 0 Å². The zero-order valence-corrected chi connectivity index (χ0v) is 10.9. The molecule has 98 valence electrons. The molecule has 1 aliphatic heterocycles. The van der Waals surface area contributed by atoms with Crippen molar-refractivity contribution >= 4 is 16.0 Å². The summed E-state index contributed by atoms with van der Waals surface area (Å²) in [7, 11) is -3.39. The van der Waals surface area contributed by atoms with E-state index in [9.17, 15) is 18.3 Å². The number of carboxylic acid groups (broad SMARTS) is 1. The van der Waals surface area contributed by atoms with Gasteiger partial charge in [0.15, 0.2) is 0 Å².